The molecule has 2 aromatic carbocycles. The molecule has 1 aliphatic rings. The van der Waals surface area contributed by atoms with Gasteiger partial charge in [-0.25, -0.2) is 18.2 Å². The minimum absolute atomic E-state index is 0.0320. The topological polar surface area (TPSA) is 146 Å². The Morgan fingerprint density at radius 2 is 1.89 bits per heavy atom. The number of urea groups is 1. The number of likely N-dealkylation sites (N-methyl/N-ethyl adjacent to an activating group) is 1. The first-order valence-corrected chi connectivity index (χ1v) is 15.0. The van der Waals surface area contributed by atoms with Crippen molar-refractivity contribution in [2.45, 2.75) is 37.2 Å². The first-order valence-electron chi connectivity index (χ1n) is 13.5. The number of nitrogens with one attached hydrogen (secondary N) is 2. The number of benzene rings is 2. The van der Waals surface area contributed by atoms with E-state index < -0.39 is 51.8 Å². The highest BCUT2D eigenvalue weighted by atomic mass is 32.2. The van der Waals surface area contributed by atoms with E-state index in [-0.39, 0.29) is 47.4 Å². The maximum Gasteiger partial charge on any atom is 0.416 e. The van der Waals surface area contributed by atoms with Crippen molar-refractivity contribution < 1.29 is 41.0 Å². The van der Waals surface area contributed by atoms with Crippen LogP contribution in [0.1, 0.15) is 29.8 Å². The summed E-state index contributed by atoms with van der Waals surface area (Å²) in [5, 5.41) is 14.7. The Bertz CT molecular complexity index is 1610. The van der Waals surface area contributed by atoms with Gasteiger partial charge in [0.1, 0.15) is 6.10 Å². The number of imidazole rings is 1. The number of sulfonamides is 1. The van der Waals surface area contributed by atoms with Crippen molar-refractivity contribution in [3.63, 3.8) is 0 Å². The molecule has 3 N–H and O–H groups in total. The largest absolute Gasteiger partial charge is 0.486 e. The molecule has 1 aliphatic heterocycles. The SMILES string of the molecule is C[C@H]1CN([C@@H](C)CO)C(=O)c2cccc(NC(=O)Nc3ccc(C(F)(F)F)cc3)c2O[C@H]1CN(C)S(=O)(=O)c1cn(C)cn1. The van der Waals surface area contributed by atoms with Gasteiger partial charge in [-0.1, -0.05) is 13.0 Å². The number of anilines is 2. The van der Waals surface area contributed by atoms with Crippen molar-refractivity contribution in [2.24, 2.45) is 13.0 Å². The van der Waals surface area contributed by atoms with Crippen molar-refractivity contribution in [3.8, 4) is 5.75 Å². The second kappa shape index (κ2) is 12.8. The number of alkyl halides is 3. The van der Waals surface area contributed by atoms with Crippen LogP contribution in [-0.2, 0) is 23.2 Å². The van der Waals surface area contributed by atoms with E-state index in [4.69, 9.17) is 4.74 Å². The van der Waals surface area contributed by atoms with Gasteiger partial charge in [0.25, 0.3) is 15.9 Å². The quantitative estimate of drug-likeness (QED) is 0.342. The molecule has 0 radical (unpaired) electrons. The zero-order valence-electron chi connectivity index (χ0n) is 24.4. The fraction of sp³-hybridized carbons (Fsp3) is 0.393. The first kappa shape index (κ1) is 32.8. The third-order valence-corrected chi connectivity index (χ3v) is 8.91. The minimum Gasteiger partial charge on any atom is -0.486 e. The number of fused-ring (bicyclic) bond motifs is 1. The van der Waals surface area contributed by atoms with Gasteiger partial charge in [0, 0.05) is 38.4 Å². The van der Waals surface area contributed by atoms with Crippen LogP contribution in [0.4, 0.5) is 29.3 Å². The van der Waals surface area contributed by atoms with Crippen LogP contribution in [0.25, 0.3) is 0 Å². The van der Waals surface area contributed by atoms with Crippen molar-refractivity contribution >= 4 is 33.3 Å². The number of para-hydroxylation sites is 1. The summed E-state index contributed by atoms with van der Waals surface area (Å²) in [6.07, 6.45) is -2.64. The molecular weight excluding hydrogens is 605 g/mol. The summed E-state index contributed by atoms with van der Waals surface area (Å²) >= 11 is 0. The zero-order chi connectivity index (χ0) is 32.4. The van der Waals surface area contributed by atoms with E-state index in [0.717, 1.165) is 28.6 Å². The van der Waals surface area contributed by atoms with Crippen molar-refractivity contribution in [1.29, 1.82) is 0 Å². The van der Waals surface area contributed by atoms with Crippen LogP contribution in [0.5, 0.6) is 5.75 Å². The van der Waals surface area contributed by atoms with Crippen LogP contribution in [0.2, 0.25) is 0 Å². The molecule has 0 fully saturated rings. The molecule has 3 aromatic rings. The average molecular weight is 639 g/mol. The number of rotatable bonds is 8. The van der Waals surface area contributed by atoms with Gasteiger partial charge in [-0.2, -0.15) is 17.5 Å². The van der Waals surface area contributed by atoms with E-state index in [1.165, 1.54) is 47.2 Å². The number of hydrogen-bond donors (Lipinski definition) is 3. The van der Waals surface area contributed by atoms with Crippen LogP contribution in [0.15, 0.2) is 60.0 Å². The number of ether oxygens (including phenoxy) is 1. The molecule has 1 aromatic heterocycles. The molecule has 0 saturated carbocycles. The van der Waals surface area contributed by atoms with Gasteiger partial charge in [-0.05, 0) is 43.3 Å². The molecule has 0 saturated heterocycles. The summed E-state index contributed by atoms with van der Waals surface area (Å²) in [5.41, 5.74) is -0.672. The van der Waals surface area contributed by atoms with Gasteiger partial charge >= 0.3 is 12.2 Å². The van der Waals surface area contributed by atoms with E-state index in [2.05, 4.69) is 15.6 Å². The molecule has 16 heteroatoms. The van der Waals surface area contributed by atoms with Crippen LogP contribution in [0, 0.1) is 5.92 Å². The normalized spacial score (nSPS) is 18.2. The summed E-state index contributed by atoms with van der Waals surface area (Å²) in [7, 11) is -0.996. The van der Waals surface area contributed by atoms with Crippen molar-refractivity contribution in [2.75, 3.05) is 37.4 Å². The molecule has 0 aliphatic carbocycles. The average Bonchev–Trinajstić information content (AvgIpc) is 3.41. The molecule has 0 unspecified atom stereocenters. The fourth-order valence-corrected chi connectivity index (χ4v) is 5.76. The standard InChI is InChI=1S/C28H33F3N6O6S/c1-17-12-37(18(2)15-38)26(39)21-6-5-7-22(34-27(40)33-20-10-8-19(9-11-20)28(29,30)31)25(21)43-23(17)13-36(4)44(41,42)24-14-35(3)16-32-24/h5-11,14,16-18,23,38H,12-13,15H2,1-4H3,(H2,33,34,40)/t17-,18-,23-/m0/s1. The Morgan fingerprint density at radius 3 is 2.48 bits per heavy atom. The Hall–Kier alpha value is -4.15. The molecule has 12 nitrogen and oxygen atoms in total. The molecule has 0 bridgehead atoms. The lowest BCUT2D eigenvalue weighted by atomic mass is 9.99. The molecule has 4 rings (SSSR count). The highest BCUT2D eigenvalue weighted by Gasteiger charge is 2.37. The highest BCUT2D eigenvalue weighted by molar-refractivity contribution is 7.89. The van der Waals surface area contributed by atoms with E-state index in [9.17, 15) is 36.3 Å². The number of carbonyl (C=O) groups is 2. The second-order valence-electron chi connectivity index (χ2n) is 10.6. The lowest BCUT2D eigenvalue weighted by Gasteiger charge is -2.38. The number of carbonyl (C=O) groups excluding carboxylic acids is 2. The minimum atomic E-state index is -4.54. The molecule has 0 spiro atoms. The maximum atomic E-state index is 13.7. The van der Waals surface area contributed by atoms with Gasteiger partial charge in [0.05, 0.1) is 42.3 Å². The van der Waals surface area contributed by atoms with E-state index in [0.29, 0.717) is 0 Å². The molecular formula is C28H33F3N6O6S. The van der Waals surface area contributed by atoms with Crippen molar-refractivity contribution in [3.05, 3.63) is 66.1 Å². The Labute approximate surface area is 252 Å². The third-order valence-electron chi connectivity index (χ3n) is 7.20. The van der Waals surface area contributed by atoms with Crippen LogP contribution in [0.3, 0.4) is 0 Å². The number of aryl methyl sites for hydroxylation is 1. The first-order chi connectivity index (χ1) is 20.6. The predicted molar refractivity (Wildman–Crippen MR) is 155 cm³/mol. The number of aliphatic hydroxyl groups excluding tert-OH is 1. The van der Waals surface area contributed by atoms with Crippen LogP contribution < -0.4 is 15.4 Å². The number of aromatic nitrogens is 2. The summed E-state index contributed by atoms with van der Waals surface area (Å²) in [6.45, 7) is 3.09. The maximum absolute atomic E-state index is 13.7. The lowest BCUT2D eigenvalue weighted by Crippen LogP contribution is -2.50. The van der Waals surface area contributed by atoms with Gasteiger partial charge in [0.15, 0.2) is 10.8 Å². The summed E-state index contributed by atoms with van der Waals surface area (Å²) in [4.78, 5) is 31.9. The second-order valence-corrected chi connectivity index (χ2v) is 12.6. The van der Waals surface area contributed by atoms with Gasteiger partial charge in [-0.15, -0.1) is 0 Å². The number of hydrogen-bond acceptors (Lipinski definition) is 7. The third kappa shape index (κ3) is 7.14. The number of nitrogens with zero attached hydrogens (tertiary/aromatic N) is 4. The Morgan fingerprint density at radius 1 is 1.20 bits per heavy atom. The fourth-order valence-electron chi connectivity index (χ4n) is 4.62. The monoisotopic (exact) mass is 638 g/mol. The van der Waals surface area contributed by atoms with Gasteiger partial charge in [-0.3, -0.25) is 4.79 Å². The zero-order valence-corrected chi connectivity index (χ0v) is 25.2. The summed E-state index contributed by atoms with van der Waals surface area (Å²) < 4.78 is 74.1. The predicted octanol–water partition coefficient (Wildman–Crippen LogP) is 3.62. The Kier molecular flexibility index (Phi) is 9.56. The van der Waals surface area contributed by atoms with Crippen LogP contribution >= 0.6 is 0 Å². The molecule has 3 amide bonds. The number of amides is 3. The number of halogens is 3. The molecule has 3 atom stereocenters. The Balaban J connectivity index is 1.65. The smallest absolute Gasteiger partial charge is 0.416 e. The number of aliphatic hydroxyl groups is 1. The summed E-state index contributed by atoms with van der Waals surface area (Å²) in [5.74, 6) is -0.958. The molecule has 238 valence electrons. The van der Waals surface area contributed by atoms with E-state index in [1.54, 1.807) is 20.9 Å². The van der Waals surface area contributed by atoms with E-state index >= 15 is 0 Å². The van der Waals surface area contributed by atoms with E-state index in [1.807, 2.05) is 0 Å². The van der Waals surface area contributed by atoms with Gasteiger partial charge in [0.2, 0.25) is 0 Å². The molecule has 44 heavy (non-hydrogen) atoms. The lowest BCUT2D eigenvalue weighted by molar-refractivity contribution is -0.137. The van der Waals surface area contributed by atoms with Crippen LogP contribution in [-0.4, -0.2) is 83.1 Å². The molecule has 2 heterocycles. The highest BCUT2D eigenvalue weighted by Crippen LogP contribution is 2.35. The summed E-state index contributed by atoms with van der Waals surface area (Å²) in [6, 6.07) is 6.89. The van der Waals surface area contributed by atoms with Crippen molar-refractivity contribution in [1.82, 2.24) is 18.8 Å². The van der Waals surface area contributed by atoms with Gasteiger partial charge < -0.3 is 29.9 Å².